The Hall–Kier alpha value is -1.46. The lowest BCUT2D eigenvalue weighted by molar-refractivity contribution is -0.136. The number of ether oxygens (including phenoxy) is 1. The molecule has 0 unspecified atom stereocenters. The minimum absolute atomic E-state index is 0. The Morgan fingerprint density at radius 3 is 2.33 bits per heavy atom. The van der Waals surface area contributed by atoms with Gasteiger partial charge in [-0.2, -0.15) is 13.2 Å². The van der Waals surface area contributed by atoms with Gasteiger partial charge in [-0.1, -0.05) is 18.2 Å². The summed E-state index contributed by atoms with van der Waals surface area (Å²) in [6, 6.07) is 10.4. The highest BCUT2D eigenvalue weighted by Crippen LogP contribution is 2.28. The molecular weight excluding hydrogens is 303 g/mol. The van der Waals surface area contributed by atoms with Crippen LogP contribution in [0.1, 0.15) is 24.4 Å². The second-order valence-corrected chi connectivity index (χ2v) is 4.73. The molecule has 0 radical (unpaired) electrons. The summed E-state index contributed by atoms with van der Waals surface area (Å²) in [7, 11) is 1.59. The fourth-order valence-corrected chi connectivity index (χ4v) is 2.09. The molecule has 6 heteroatoms. The van der Waals surface area contributed by atoms with Gasteiger partial charge in [-0.15, -0.1) is 12.4 Å². The molecule has 116 valence electrons. The fraction of sp³-hybridized carbons (Fsp3) is 0.333. The van der Waals surface area contributed by atoms with E-state index in [0.29, 0.717) is 5.56 Å². The Morgan fingerprint density at radius 1 is 1.10 bits per heavy atom. The predicted octanol–water partition coefficient (Wildman–Crippen LogP) is 4.61. The second-order valence-electron chi connectivity index (χ2n) is 4.73. The largest absolute Gasteiger partial charge is 0.497 e. The molecule has 0 aliphatic carbocycles. The maximum atomic E-state index is 12.2. The zero-order valence-electron chi connectivity index (χ0n) is 11.5. The number of alkyl halides is 3. The van der Waals surface area contributed by atoms with Gasteiger partial charge in [0, 0.05) is 12.5 Å². The zero-order valence-corrected chi connectivity index (χ0v) is 12.3. The average molecular weight is 320 g/mol. The van der Waals surface area contributed by atoms with Crippen molar-refractivity contribution in [2.45, 2.75) is 25.1 Å². The number of nitrogens with two attached hydrogens (primary N) is 1. The second kappa shape index (κ2) is 7.00. The number of halogens is 4. The van der Waals surface area contributed by atoms with E-state index >= 15 is 0 Å². The van der Waals surface area contributed by atoms with Crippen molar-refractivity contribution in [2.24, 2.45) is 5.73 Å². The molecule has 0 aromatic heterocycles. The van der Waals surface area contributed by atoms with E-state index in [2.05, 4.69) is 0 Å². The van der Waals surface area contributed by atoms with Gasteiger partial charge in [-0.05, 0) is 41.0 Å². The highest BCUT2D eigenvalue weighted by molar-refractivity contribution is 5.85. The van der Waals surface area contributed by atoms with Gasteiger partial charge in [0.05, 0.1) is 7.11 Å². The van der Waals surface area contributed by atoms with E-state index in [1.54, 1.807) is 13.2 Å². The van der Waals surface area contributed by atoms with Crippen LogP contribution in [0.15, 0.2) is 36.4 Å². The molecule has 0 aliphatic heterocycles. The van der Waals surface area contributed by atoms with Crippen molar-refractivity contribution in [1.29, 1.82) is 0 Å². The smallest absolute Gasteiger partial charge is 0.389 e. The van der Waals surface area contributed by atoms with Gasteiger partial charge >= 0.3 is 6.18 Å². The van der Waals surface area contributed by atoms with E-state index in [0.717, 1.165) is 16.5 Å². The van der Waals surface area contributed by atoms with Gasteiger partial charge in [0.1, 0.15) is 5.75 Å². The molecule has 1 atom stereocenters. The Bertz CT molecular complexity index is 601. The maximum Gasteiger partial charge on any atom is 0.389 e. The van der Waals surface area contributed by atoms with Gasteiger partial charge in [-0.3, -0.25) is 0 Å². The summed E-state index contributed by atoms with van der Waals surface area (Å²) < 4.78 is 41.7. The van der Waals surface area contributed by atoms with E-state index in [1.807, 2.05) is 30.3 Å². The molecule has 21 heavy (non-hydrogen) atoms. The molecule has 0 amide bonds. The molecule has 2 aromatic carbocycles. The first-order valence-electron chi connectivity index (χ1n) is 6.29. The number of methoxy groups -OCH3 is 1. The van der Waals surface area contributed by atoms with Crippen LogP contribution in [-0.4, -0.2) is 13.3 Å². The fourth-order valence-electron chi connectivity index (χ4n) is 2.09. The summed E-state index contributed by atoms with van der Waals surface area (Å²) in [5.74, 6) is 0.742. The lowest BCUT2D eigenvalue weighted by Crippen LogP contribution is -2.15. The summed E-state index contributed by atoms with van der Waals surface area (Å²) in [4.78, 5) is 0. The quantitative estimate of drug-likeness (QED) is 0.893. The molecule has 0 spiro atoms. The van der Waals surface area contributed by atoms with Gasteiger partial charge in [0.2, 0.25) is 0 Å². The molecular formula is C15H17ClF3NO. The number of hydrogen-bond acceptors (Lipinski definition) is 2. The summed E-state index contributed by atoms with van der Waals surface area (Å²) in [6.07, 6.45) is -5.14. The van der Waals surface area contributed by atoms with E-state index in [1.165, 1.54) is 0 Å². The minimum Gasteiger partial charge on any atom is -0.497 e. The van der Waals surface area contributed by atoms with E-state index in [-0.39, 0.29) is 18.8 Å². The van der Waals surface area contributed by atoms with Gasteiger partial charge in [0.15, 0.2) is 0 Å². The first kappa shape index (κ1) is 17.6. The van der Waals surface area contributed by atoms with Crippen molar-refractivity contribution in [3.8, 4) is 5.75 Å². The van der Waals surface area contributed by atoms with Crippen LogP contribution in [0, 0.1) is 0 Å². The third-order valence-electron chi connectivity index (χ3n) is 3.24. The third kappa shape index (κ3) is 4.79. The van der Waals surface area contributed by atoms with Crippen LogP contribution >= 0.6 is 12.4 Å². The topological polar surface area (TPSA) is 35.2 Å². The molecule has 0 heterocycles. The Labute approximate surface area is 127 Å². The SMILES string of the molecule is COc1ccc2cc([C@@H](N)CCC(F)(F)F)ccc2c1.Cl. The molecule has 2 nitrogen and oxygen atoms in total. The summed E-state index contributed by atoms with van der Waals surface area (Å²) >= 11 is 0. The Morgan fingerprint density at radius 2 is 1.71 bits per heavy atom. The van der Waals surface area contributed by atoms with Crippen LogP contribution in [0.4, 0.5) is 13.2 Å². The van der Waals surface area contributed by atoms with Crippen LogP contribution in [-0.2, 0) is 0 Å². The standard InChI is InChI=1S/C15H16F3NO.ClH/c1-20-13-5-4-10-8-12(3-2-11(10)9-13)14(19)6-7-15(16,17)18;/h2-5,8-9,14H,6-7,19H2,1H3;1H/t14-;/m0./s1. The summed E-state index contributed by atoms with van der Waals surface area (Å²) in [5.41, 5.74) is 6.54. The summed E-state index contributed by atoms with van der Waals surface area (Å²) in [6.45, 7) is 0. The van der Waals surface area contributed by atoms with Gasteiger partial charge < -0.3 is 10.5 Å². The number of rotatable bonds is 4. The average Bonchev–Trinajstić information content (AvgIpc) is 2.42. The van der Waals surface area contributed by atoms with Crippen molar-refractivity contribution in [1.82, 2.24) is 0 Å². The van der Waals surface area contributed by atoms with Crippen LogP contribution in [0.5, 0.6) is 5.75 Å². The highest BCUT2D eigenvalue weighted by Gasteiger charge is 2.27. The van der Waals surface area contributed by atoms with Crippen LogP contribution < -0.4 is 10.5 Å². The predicted molar refractivity (Wildman–Crippen MR) is 80.0 cm³/mol. The summed E-state index contributed by atoms with van der Waals surface area (Å²) in [5, 5.41) is 1.90. The van der Waals surface area contributed by atoms with Gasteiger partial charge in [-0.25, -0.2) is 0 Å². The van der Waals surface area contributed by atoms with Crippen molar-refractivity contribution in [3.63, 3.8) is 0 Å². The Balaban J connectivity index is 0.00000220. The van der Waals surface area contributed by atoms with Gasteiger partial charge in [0.25, 0.3) is 0 Å². The Kier molecular flexibility index (Phi) is 5.87. The van der Waals surface area contributed by atoms with Crippen LogP contribution in [0.2, 0.25) is 0 Å². The first-order chi connectivity index (χ1) is 9.39. The third-order valence-corrected chi connectivity index (χ3v) is 3.24. The molecule has 2 aromatic rings. The molecule has 0 fully saturated rings. The lowest BCUT2D eigenvalue weighted by Gasteiger charge is -2.14. The number of hydrogen-bond donors (Lipinski definition) is 1. The molecule has 2 rings (SSSR count). The minimum atomic E-state index is -4.16. The highest BCUT2D eigenvalue weighted by atomic mass is 35.5. The molecule has 0 bridgehead atoms. The van der Waals surface area contributed by atoms with Crippen molar-refractivity contribution >= 4 is 23.2 Å². The zero-order chi connectivity index (χ0) is 14.8. The lowest BCUT2D eigenvalue weighted by atomic mass is 9.99. The van der Waals surface area contributed by atoms with E-state index < -0.39 is 18.6 Å². The van der Waals surface area contributed by atoms with Crippen molar-refractivity contribution < 1.29 is 17.9 Å². The van der Waals surface area contributed by atoms with Crippen molar-refractivity contribution in [3.05, 3.63) is 42.0 Å². The molecule has 0 aliphatic rings. The van der Waals surface area contributed by atoms with Crippen LogP contribution in [0.3, 0.4) is 0 Å². The van der Waals surface area contributed by atoms with Crippen molar-refractivity contribution in [2.75, 3.05) is 7.11 Å². The number of benzene rings is 2. The number of fused-ring (bicyclic) bond motifs is 1. The molecule has 0 saturated heterocycles. The van der Waals surface area contributed by atoms with E-state index in [4.69, 9.17) is 10.5 Å². The maximum absolute atomic E-state index is 12.2. The monoisotopic (exact) mass is 319 g/mol. The van der Waals surface area contributed by atoms with E-state index in [9.17, 15) is 13.2 Å². The molecule has 0 saturated carbocycles. The van der Waals surface area contributed by atoms with Crippen LogP contribution in [0.25, 0.3) is 10.8 Å². The normalized spacial score (nSPS) is 12.8. The first-order valence-corrected chi connectivity index (χ1v) is 6.29. The molecule has 2 N–H and O–H groups in total.